The number of aromatic nitrogens is 4. The van der Waals surface area contributed by atoms with Crippen molar-refractivity contribution in [3.05, 3.63) is 0 Å². The average molecular weight is 202 g/mol. The molecule has 7 heteroatoms. The van der Waals surface area contributed by atoms with E-state index in [2.05, 4.69) is 15.5 Å². The fraction of sp³-hybridized carbons (Fsp3) is 0.667. The van der Waals surface area contributed by atoms with Crippen LogP contribution in [0.2, 0.25) is 0 Å². The van der Waals surface area contributed by atoms with E-state index in [1.54, 1.807) is 4.68 Å². The number of rotatable bonds is 4. The zero-order valence-electron chi connectivity index (χ0n) is 7.34. The standard InChI is InChI=1S/C6H10N4O2S/c1-4(2)10-6(7-8-9-10)13-3-5(11)12/h4H,3H2,1-2H3,(H,11,12). The van der Waals surface area contributed by atoms with E-state index in [0.29, 0.717) is 5.16 Å². The van der Waals surface area contributed by atoms with Crippen LogP contribution >= 0.6 is 11.8 Å². The van der Waals surface area contributed by atoms with Gasteiger partial charge in [0.1, 0.15) is 0 Å². The Hall–Kier alpha value is -1.11. The molecule has 0 radical (unpaired) electrons. The molecule has 1 aromatic heterocycles. The van der Waals surface area contributed by atoms with Gasteiger partial charge in [0.05, 0.1) is 11.8 Å². The third kappa shape index (κ3) is 2.69. The van der Waals surface area contributed by atoms with Gasteiger partial charge in [0, 0.05) is 0 Å². The summed E-state index contributed by atoms with van der Waals surface area (Å²) < 4.78 is 1.59. The summed E-state index contributed by atoms with van der Waals surface area (Å²) in [5.74, 6) is -0.893. The van der Waals surface area contributed by atoms with E-state index in [-0.39, 0.29) is 11.8 Å². The van der Waals surface area contributed by atoms with Gasteiger partial charge in [-0.25, -0.2) is 4.68 Å². The maximum Gasteiger partial charge on any atom is 0.313 e. The molecule has 6 nitrogen and oxygen atoms in total. The lowest BCUT2D eigenvalue weighted by atomic mass is 10.4. The number of tetrazole rings is 1. The number of thioether (sulfide) groups is 1. The number of carbonyl (C=O) groups is 1. The van der Waals surface area contributed by atoms with Gasteiger partial charge < -0.3 is 5.11 Å². The third-order valence-electron chi connectivity index (χ3n) is 1.28. The van der Waals surface area contributed by atoms with Gasteiger partial charge in [0.15, 0.2) is 0 Å². The smallest absolute Gasteiger partial charge is 0.313 e. The molecule has 0 aliphatic rings. The summed E-state index contributed by atoms with van der Waals surface area (Å²) in [7, 11) is 0. The highest BCUT2D eigenvalue weighted by Gasteiger charge is 2.10. The molecule has 0 aliphatic carbocycles. The number of hydrogen-bond donors (Lipinski definition) is 1. The average Bonchev–Trinajstić information content (AvgIpc) is 2.47. The fourth-order valence-corrected chi connectivity index (χ4v) is 1.46. The van der Waals surface area contributed by atoms with E-state index in [1.807, 2.05) is 13.8 Å². The van der Waals surface area contributed by atoms with Crippen LogP contribution in [0.5, 0.6) is 0 Å². The zero-order chi connectivity index (χ0) is 9.84. The van der Waals surface area contributed by atoms with Crippen molar-refractivity contribution >= 4 is 17.7 Å². The van der Waals surface area contributed by atoms with Crippen LogP contribution < -0.4 is 0 Å². The van der Waals surface area contributed by atoms with Gasteiger partial charge >= 0.3 is 5.97 Å². The van der Waals surface area contributed by atoms with E-state index < -0.39 is 5.97 Å². The Bertz CT molecular complexity index is 299. The molecule has 0 saturated carbocycles. The Kier molecular flexibility index (Phi) is 3.24. The lowest BCUT2D eigenvalue weighted by Crippen LogP contribution is -2.06. The van der Waals surface area contributed by atoms with E-state index in [0.717, 1.165) is 11.8 Å². The highest BCUT2D eigenvalue weighted by Crippen LogP contribution is 2.16. The summed E-state index contributed by atoms with van der Waals surface area (Å²) in [4.78, 5) is 10.3. The Labute approximate surface area is 79.3 Å². The van der Waals surface area contributed by atoms with Crippen LogP contribution in [0.25, 0.3) is 0 Å². The molecular weight excluding hydrogens is 192 g/mol. The van der Waals surface area contributed by atoms with Crippen LogP contribution in [0.1, 0.15) is 19.9 Å². The first-order valence-electron chi connectivity index (χ1n) is 3.73. The highest BCUT2D eigenvalue weighted by atomic mass is 32.2. The van der Waals surface area contributed by atoms with Gasteiger partial charge in [-0.1, -0.05) is 11.8 Å². The minimum atomic E-state index is -0.872. The maximum absolute atomic E-state index is 10.3. The van der Waals surface area contributed by atoms with Gasteiger partial charge in [0.2, 0.25) is 5.16 Å². The summed E-state index contributed by atoms with van der Waals surface area (Å²) in [5, 5.41) is 19.9. The molecule has 0 aliphatic heterocycles. The topological polar surface area (TPSA) is 80.9 Å². The predicted molar refractivity (Wildman–Crippen MR) is 46.6 cm³/mol. The van der Waals surface area contributed by atoms with Crippen LogP contribution in [0.15, 0.2) is 5.16 Å². The Morgan fingerprint density at radius 1 is 1.69 bits per heavy atom. The van der Waals surface area contributed by atoms with Gasteiger partial charge in [-0.3, -0.25) is 4.79 Å². The Morgan fingerprint density at radius 2 is 2.38 bits per heavy atom. The van der Waals surface area contributed by atoms with Gasteiger partial charge in [-0.15, -0.1) is 5.10 Å². The van der Waals surface area contributed by atoms with Crippen molar-refractivity contribution in [1.29, 1.82) is 0 Å². The lowest BCUT2D eigenvalue weighted by Gasteiger charge is -2.05. The molecule has 1 N–H and O–H groups in total. The third-order valence-corrected chi connectivity index (χ3v) is 2.19. The summed E-state index contributed by atoms with van der Waals surface area (Å²) in [6, 6.07) is 0.145. The molecule has 1 heterocycles. The van der Waals surface area contributed by atoms with Crippen LogP contribution in [-0.4, -0.2) is 37.0 Å². The van der Waals surface area contributed by atoms with Crippen LogP contribution in [0.3, 0.4) is 0 Å². The first-order valence-corrected chi connectivity index (χ1v) is 4.72. The van der Waals surface area contributed by atoms with Gasteiger partial charge in [0.25, 0.3) is 0 Å². The number of aliphatic carboxylic acids is 1. The molecule has 0 saturated heterocycles. The van der Waals surface area contributed by atoms with Crippen LogP contribution in [-0.2, 0) is 4.79 Å². The second-order valence-corrected chi connectivity index (χ2v) is 3.62. The number of carboxylic acids is 1. The summed E-state index contributed by atoms with van der Waals surface area (Å²) in [6.07, 6.45) is 0. The summed E-state index contributed by atoms with van der Waals surface area (Å²) in [6.45, 7) is 3.86. The highest BCUT2D eigenvalue weighted by molar-refractivity contribution is 7.99. The zero-order valence-corrected chi connectivity index (χ0v) is 8.15. The summed E-state index contributed by atoms with van der Waals surface area (Å²) in [5.41, 5.74) is 0. The molecule has 0 fully saturated rings. The second-order valence-electron chi connectivity index (χ2n) is 2.68. The molecule has 0 atom stereocenters. The molecule has 72 valence electrons. The number of nitrogens with zero attached hydrogens (tertiary/aromatic N) is 4. The van der Waals surface area contributed by atoms with Crippen molar-refractivity contribution in [3.8, 4) is 0 Å². The molecular formula is C6H10N4O2S. The maximum atomic E-state index is 10.3. The second kappa shape index (κ2) is 4.22. The SMILES string of the molecule is CC(C)n1nnnc1SCC(=O)O. The molecule has 0 aromatic carbocycles. The Balaban J connectivity index is 2.65. The molecule has 13 heavy (non-hydrogen) atoms. The van der Waals surface area contributed by atoms with E-state index >= 15 is 0 Å². The van der Waals surface area contributed by atoms with Crippen molar-refractivity contribution in [3.63, 3.8) is 0 Å². The minimum Gasteiger partial charge on any atom is -0.481 e. The van der Waals surface area contributed by atoms with Crippen molar-refractivity contribution in [2.45, 2.75) is 25.0 Å². The normalized spacial score (nSPS) is 10.7. The van der Waals surface area contributed by atoms with Crippen molar-refractivity contribution in [2.24, 2.45) is 0 Å². The molecule has 0 bridgehead atoms. The quantitative estimate of drug-likeness (QED) is 0.713. The molecule has 0 unspecified atom stereocenters. The minimum absolute atomic E-state index is 0.0207. The van der Waals surface area contributed by atoms with Crippen molar-refractivity contribution in [2.75, 3.05) is 5.75 Å². The number of hydrogen-bond acceptors (Lipinski definition) is 5. The van der Waals surface area contributed by atoms with Crippen molar-refractivity contribution in [1.82, 2.24) is 20.2 Å². The Morgan fingerprint density at radius 3 is 2.92 bits per heavy atom. The van der Waals surface area contributed by atoms with Crippen LogP contribution in [0.4, 0.5) is 0 Å². The monoisotopic (exact) mass is 202 g/mol. The molecule has 1 rings (SSSR count). The first kappa shape index (κ1) is 9.97. The summed E-state index contributed by atoms with van der Waals surface area (Å²) >= 11 is 1.12. The van der Waals surface area contributed by atoms with E-state index in [4.69, 9.17) is 5.11 Å². The lowest BCUT2D eigenvalue weighted by molar-refractivity contribution is -0.133. The largest absolute Gasteiger partial charge is 0.481 e. The number of carboxylic acid groups (broad SMARTS) is 1. The van der Waals surface area contributed by atoms with Crippen molar-refractivity contribution < 1.29 is 9.90 Å². The molecule has 1 aromatic rings. The van der Waals surface area contributed by atoms with Gasteiger partial charge in [-0.2, -0.15) is 0 Å². The predicted octanol–water partition coefficient (Wildman–Crippen LogP) is 0.431. The molecule has 0 amide bonds. The van der Waals surface area contributed by atoms with Crippen LogP contribution in [0, 0.1) is 0 Å². The fourth-order valence-electron chi connectivity index (χ4n) is 0.731. The first-order chi connectivity index (χ1) is 6.11. The molecule has 0 spiro atoms. The van der Waals surface area contributed by atoms with E-state index in [9.17, 15) is 4.79 Å². The van der Waals surface area contributed by atoms with Gasteiger partial charge in [-0.05, 0) is 24.3 Å². The van der Waals surface area contributed by atoms with E-state index in [1.165, 1.54) is 0 Å².